The van der Waals surface area contributed by atoms with Crippen LogP contribution in [0.5, 0.6) is 5.75 Å². The van der Waals surface area contributed by atoms with Crippen LogP contribution in [-0.2, 0) is 14.3 Å². The van der Waals surface area contributed by atoms with E-state index < -0.39 is 5.97 Å². The van der Waals surface area contributed by atoms with Crippen molar-refractivity contribution in [1.29, 1.82) is 0 Å². The Bertz CT molecular complexity index is 806. The Kier molecular flexibility index (Phi) is 7.77. The Labute approximate surface area is 159 Å². The van der Waals surface area contributed by atoms with E-state index in [0.717, 1.165) is 22.4 Å². The summed E-state index contributed by atoms with van der Waals surface area (Å²) in [6.07, 6.45) is 3.68. The van der Waals surface area contributed by atoms with Crippen LogP contribution in [0.25, 0.3) is 12.2 Å². The molecule has 142 valence electrons. The third-order valence-electron chi connectivity index (χ3n) is 3.86. The summed E-state index contributed by atoms with van der Waals surface area (Å²) in [4.78, 5) is 23.4. The molecule has 2 aromatic carbocycles. The maximum atomic E-state index is 12.0. The second-order valence-electron chi connectivity index (χ2n) is 5.94. The van der Waals surface area contributed by atoms with Gasteiger partial charge in [-0.1, -0.05) is 48.6 Å². The Morgan fingerprint density at radius 3 is 2.33 bits per heavy atom. The number of ketones is 1. The number of aryl methyl sites for hydroxylation is 1. The minimum absolute atomic E-state index is 0.204. The number of rotatable bonds is 9. The molecule has 0 fully saturated rings. The molecule has 5 nitrogen and oxygen atoms in total. The third kappa shape index (κ3) is 6.38. The molecule has 0 amide bonds. The Balaban J connectivity index is 2.03. The van der Waals surface area contributed by atoms with Crippen molar-refractivity contribution in [3.8, 4) is 5.75 Å². The van der Waals surface area contributed by atoms with Gasteiger partial charge in [-0.2, -0.15) is 0 Å². The topological polar surface area (TPSA) is 61.8 Å². The fourth-order valence-corrected chi connectivity index (χ4v) is 2.42. The molecule has 0 saturated heterocycles. The Morgan fingerprint density at radius 1 is 1.00 bits per heavy atom. The molecule has 0 aliphatic rings. The third-order valence-corrected chi connectivity index (χ3v) is 3.86. The van der Waals surface area contributed by atoms with Crippen molar-refractivity contribution in [2.75, 3.05) is 20.5 Å². The number of methoxy groups -OCH3 is 1. The molecule has 0 aliphatic carbocycles. The molecule has 0 unspecified atom stereocenters. The van der Waals surface area contributed by atoms with Crippen molar-refractivity contribution >= 4 is 23.9 Å². The minimum Gasteiger partial charge on any atom is -0.467 e. The summed E-state index contributed by atoms with van der Waals surface area (Å²) in [5.41, 5.74) is 3.47. The van der Waals surface area contributed by atoms with Gasteiger partial charge in [0.05, 0.1) is 6.61 Å². The van der Waals surface area contributed by atoms with Crippen molar-refractivity contribution in [2.24, 2.45) is 0 Å². The molecule has 0 spiro atoms. The zero-order valence-electron chi connectivity index (χ0n) is 15.9. The van der Waals surface area contributed by atoms with Gasteiger partial charge in [0.15, 0.2) is 12.6 Å². The van der Waals surface area contributed by atoms with Crippen LogP contribution in [0, 0.1) is 6.92 Å². The highest BCUT2D eigenvalue weighted by molar-refractivity contribution is 6.06. The first-order valence-electron chi connectivity index (χ1n) is 8.73. The number of carbonyl (C=O) groups is 2. The zero-order chi connectivity index (χ0) is 19.6. The SMILES string of the molecule is CCOC(=O)CC(=O)c1ccc(C=Cc2ccc(C)c(OCOC)c2)cc1. The predicted octanol–water partition coefficient (Wildman–Crippen LogP) is 4.28. The molecule has 2 aromatic rings. The van der Waals surface area contributed by atoms with Crippen LogP contribution >= 0.6 is 0 Å². The normalized spacial score (nSPS) is 10.8. The van der Waals surface area contributed by atoms with E-state index >= 15 is 0 Å². The summed E-state index contributed by atoms with van der Waals surface area (Å²) in [5.74, 6) is 0.0266. The second-order valence-corrected chi connectivity index (χ2v) is 5.94. The van der Waals surface area contributed by atoms with Crippen molar-refractivity contribution < 1.29 is 23.8 Å². The van der Waals surface area contributed by atoms with Crippen LogP contribution in [-0.4, -0.2) is 32.3 Å². The van der Waals surface area contributed by atoms with E-state index in [1.54, 1.807) is 26.2 Å². The quantitative estimate of drug-likeness (QED) is 0.217. The molecule has 5 heteroatoms. The predicted molar refractivity (Wildman–Crippen MR) is 105 cm³/mol. The van der Waals surface area contributed by atoms with Gasteiger partial charge >= 0.3 is 5.97 Å². The lowest BCUT2D eigenvalue weighted by Gasteiger charge is -2.08. The molecule has 0 heterocycles. The standard InChI is InChI=1S/C22H24O5/c1-4-26-22(24)14-20(23)19-11-9-17(10-12-19)7-8-18-6-5-16(2)21(13-18)27-15-25-3/h5-13H,4,14-15H2,1-3H3. The first-order valence-corrected chi connectivity index (χ1v) is 8.73. The van der Waals surface area contributed by atoms with Crippen LogP contribution < -0.4 is 4.74 Å². The summed E-state index contributed by atoms with van der Waals surface area (Å²) < 4.78 is 15.3. The van der Waals surface area contributed by atoms with Gasteiger partial charge < -0.3 is 14.2 Å². The lowest BCUT2D eigenvalue weighted by atomic mass is 10.0. The monoisotopic (exact) mass is 368 g/mol. The van der Waals surface area contributed by atoms with Gasteiger partial charge in [0.1, 0.15) is 12.2 Å². The summed E-state index contributed by atoms with van der Waals surface area (Å²) >= 11 is 0. The maximum Gasteiger partial charge on any atom is 0.313 e. The average Bonchev–Trinajstić information content (AvgIpc) is 2.66. The number of hydrogen-bond acceptors (Lipinski definition) is 5. The van der Waals surface area contributed by atoms with Gasteiger partial charge in [-0.15, -0.1) is 0 Å². The molecule has 27 heavy (non-hydrogen) atoms. The number of hydrogen-bond donors (Lipinski definition) is 0. The summed E-state index contributed by atoms with van der Waals surface area (Å²) in [5, 5.41) is 0. The number of benzene rings is 2. The first-order chi connectivity index (χ1) is 13.0. The zero-order valence-corrected chi connectivity index (χ0v) is 15.9. The molecule has 0 atom stereocenters. The van der Waals surface area contributed by atoms with E-state index in [9.17, 15) is 9.59 Å². The highest BCUT2D eigenvalue weighted by Crippen LogP contribution is 2.21. The molecule has 0 N–H and O–H groups in total. The van der Waals surface area contributed by atoms with Crippen molar-refractivity contribution in [1.82, 2.24) is 0 Å². The van der Waals surface area contributed by atoms with Gasteiger partial charge in [0.25, 0.3) is 0 Å². The molecule has 0 saturated carbocycles. The van der Waals surface area contributed by atoms with E-state index in [1.165, 1.54) is 0 Å². The highest BCUT2D eigenvalue weighted by atomic mass is 16.7. The van der Waals surface area contributed by atoms with E-state index in [0.29, 0.717) is 5.56 Å². The summed E-state index contributed by atoms with van der Waals surface area (Å²) in [7, 11) is 1.58. The van der Waals surface area contributed by atoms with Crippen LogP contribution in [0.4, 0.5) is 0 Å². The lowest BCUT2D eigenvalue weighted by Crippen LogP contribution is -2.11. The fraction of sp³-hybridized carbons (Fsp3) is 0.273. The minimum atomic E-state index is -0.502. The molecule has 0 aliphatic heterocycles. The highest BCUT2D eigenvalue weighted by Gasteiger charge is 2.12. The van der Waals surface area contributed by atoms with E-state index in [-0.39, 0.29) is 25.6 Å². The second kappa shape index (κ2) is 10.3. The van der Waals surface area contributed by atoms with Gasteiger partial charge in [-0.3, -0.25) is 9.59 Å². The smallest absolute Gasteiger partial charge is 0.313 e. The number of esters is 1. The molecule has 0 bridgehead atoms. The lowest BCUT2D eigenvalue weighted by molar-refractivity contribution is -0.141. The van der Waals surface area contributed by atoms with Gasteiger partial charge in [0, 0.05) is 12.7 Å². The van der Waals surface area contributed by atoms with Crippen LogP contribution in [0.15, 0.2) is 42.5 Å². The van der Waals surface area contributed by atoms with E-state index in [4.69, 9.17) is 14.2 Å². The van der Waals surface area contributed by atoms with Crippen molar-refractivity contribution in [3.05, 3.63) is 64.7 Å². The largest absolute Gasteiger partial charge is 0.467 e. The number of carbonyl (C=O) groups excluding carboxylic acids is 2. The maximum absolute atomic E-state index is 12.0. The van der Waals surface area contributed by atoms with Gasteiger partial charge in [0.2, 0.25) is 0 Å². The number of Topliss-reactive ketones (excluding diaryl/α,β-unsaturated/α-hetero) is 1. The molecule has 2 rings (SSSR count). The van der Waals surface area contributed by atoms with Crippen LogP contribution in [0.3, 0.4) is 0 Å². The molecular weight excluding hydrogens is 344 g/mol. The Hall–Kier alpha value is -2.92. The van der Waals surface area contributed by atoms with E-state index in [1.807, 2.05) is 49.4 Å². The first kappa shape index (κ1) is 20.4. The van der Waals surface area contributed by atoms with Crippen LogP contribution in [0.1, 0.15) is 40.4 Å². The fourth-order valence-electron chi connectivity index (χ4n) is 2.42. The molecular formula is C22H24O5. The summed E-state index contributed by atoms with van der Waals surface area (Å²) in [6, 6.07) is 13.0. The number of ether oxygens (including phenoxy) is 3. The Morgan fingerprint density at radius 2 is 1.67 bits per heavy atom. The summed E-state index contributed by atoms with van der Waals surface area (Å²) in [6.45, 7) is 4.16. The van der Waals surface area contributed by atoms with Gasteiger partial charge in [-0.25, -0.2) is 0 Å². The average molecular weight is 368 g/mol. The van der Waals surface area contributed by atoms with Crippen LogP contribution in [0.2, 0.25) is 0 Å². The van der Waals surface area contributed by atoms with Gasteiger partial charge in [-0.05, 0) is 36.6 Å². The molecule has 0 aromatic heterocycles. The van der Waals surface area contributed by atoms with Crippen molar-refractivity contribution in [3.63, 3.8) is 0 Å². The van der Waals surface area contributed by atoms with E-state index in [2.05, 4.69) is 0 Å². The van der Waals surface area contributed by atoms with Crippen molar-refractivity contribution in [2.45, 2.75) is 20.3 Å². The molecule has 0 radical (unpaired) electrons.